The monoisotopic (exact) mass is 366 g/mol. The summed E-state index contributed by atoms with van der Waals surface area (Å²) in [5, 5.41) is 0. The fourth-order valence-electron chi connectivity index (χ4n) is 4.40. The molecule has 1 saturated heterocycles. The van der Waals surface area contributed by atoms with Crippen molar-refractivity contribution in [3.8, 4) is 5.75 Å². The van der Waals surface area contributed by atoms with Crippen LogP contribution in [-0.2, 0) is 14.3 Å². The lowest BCUT2D eigenvalue weighted by Crippen LogP contribution is -2.50. The van der Waals surface area contributed by atoms with E-state index in [1.807, 2.05) is 55.5 Å². The Labute approximate surface area is 160 Å². The lowest BCUT2D eigenvalue weighted by molar-refractivity contribution is -0.192. The molecule has 4 heteroatoms. The van der Waals surface area contributed by atoms with Crippen LogP contribution in [0, 0.1) is 11.8 Å². The Kier molecular flexibility index (Phi) is 4.68. The molecule has 0 aliphatic carbocycles. The maximum atomic E-state index is 12.8. The fraction of sp³-hybridized carbons (Fsp3) is 0.435. The van der Waals surface area contributed by atoms with Crippen molar-refractivity contribution in [1.82, 2.24) is 0 Å². The number of esters is 1. The van der Waals surface area contributed by atoms with E-state index < -0.39 is 5.60 Å². The molecule has 2 aliphatic rings. The summed E-state index contributed by atoms with van der Waals surface area (Å²) in [4.78, 5) is 12.8. The van der Waals surface area contributed by atoms with Crippen molar-refractivity contribution in [1.29, 1.82) is 0 Å². The molecule has 142 valence electrons. The van der Waals surface area contributed by atoms with Gasteiger partial charge in [-0.3, -0.25) is 4.79 Å². The number of benzene rings is 2. The van der Waals surface area contributed by atoms with E-state index in [0.29, 0.717) is 13.0 Å². The van der Waals surface area contributed by atoms with Crippen LogP contribution < -0.4 is 4.74 Å². The van der Waals surface area contributed by atoms with Gasteiger partial charge < -0.3 is 14.2 Å². The number of hydrogen-bond donors (Lipinski definition) is 0. The van der Waals surface area contributed by atoms with Gasteiger partial charge >= 0.3 is 5.97 Å². The summed E-state index contributed by atoms with van der Waals surface area (Å²) in [6, 6.07) is 18.0. The molecular weight excluding hydrogens is 340 g/mol. The van der Waals surface area contributed by atoms with Gasteiger partial charge in [0.05, 0.1) is 24.7 Å². The zero-order valence-electron chi connectivity index (χ0n) is 16.1. The zero-order valence-corrected chi connectivity index (χ0v) is 16.1. The number of rotatable bonds is 3. The Morgan fingerprint density at radius 2 is 1.78 bits per heavy atom. The smallest absolute Gasteiger partial charge is 0.311 e. The summed E-state index contributed by atoms with van der Waals surface area (Å²) in [6.07, 6.45) is 0.235. The second kappa shape index (κ2) is 7.01. The van der Waals surface area contributed by atoms with Crippen LogP contribution in [0.15, 0.2) is 54.6 Å². The summed E-state index contributed by atoms with van der Waals surface area (Å²) in [5.74, 6) is 0.396. The van der Waals surface area contributed by atoms with E-state index in [-0.39, 0.29) is 30.0 Å². The average Bonchev–Trinajstić information content (AvgIpc) is 2.67. The van der Waals surface area contributed by atoms with Gasteiger partial charge in [-0.25, -0.2) is 0 Å². The summed E-state index contributed by atoms with van der Waals surface area (Å²) in [5.41, 5.74) is 1.65. The molecular formula is C23H26O4. The molecule has 2 heterocycles. The van der Waals surface area contributed by atoms with Crippen LogP contribution in [0.1, 0.15) is 50.5 Å². The zero-order chi connectivity index (χ0) is 19.0. The Hall–Kier alpha value is -2.33. The normalized spacial score (nSPS) is 28.4. The van der Waals surface area contributed by atoms with E-state index in [1.54, 1.807) is 0 Å². The lowest BCUT2D eigenvalue weighted by atomic mass is 9.71. The van der Waals surface area contributed by atoms with Gasteiger partial charge in [-0.1, -0.05) is 48.5 Å². The quantitative estimate of drug-likeness (QED) is 0.728. The molecule has 0 unspecified atom stereocenters. The molecule has 2 aromatic carbocycles. The van der Waals surface area contributed by atoms with Crippen molar-refractivity contribution in [2.75, 3.05) is 6.61 Å². The average molecular weight is 366 g/mol. The van der Waals surface area contributed by atoms with Crippen molar-refractivity contribution in [2.45, 2.75) is 45.0 Å². The minimum atomic E-state index is -0.425. The van der Waals surface area contributed by atoms with Gasteiger partial charge in [-0.15, -0.1) is 0 Å². The van der Waals surface area contributed by atoms with Gasteiger partial charge in [0.25, 0.3) is 0 Å². The van der Waals surface area contributed by atoms with Crippen molar-refractivity contribution < 1.29 is 19.0 Å². The van der Waals surface area contributed by atoms with Crippen molar-refractivity contribution >= 4 is 5.97 Å². The van der Waals surface area contributed by atoms with Crippen molar-refractivity contribution in [3.05, 3.63) is 65.7 Å². The molecule has 0 spiro atoms. The highest BCUT2D eigenvalue weighted by Gasteiger charge is 2.52. The number of ether oxygens (including phenoxy) is 3. The van der Waals surface area contributed by atoms with E-state index in [1.165, 1.54) is 0 Å². The molecule has 1 fully saturated rings. The fourth-order valence-corrected chi connectivity index (χ4v) is 4.40. The van der Waals surface area contributed by atoms with Gasteiger partial charge in [0.1, 0.15) is 11.4 Å². The third kappa shape index (κ3) is 3.23. The summed E-state index contributed by atoms with van der Waals surface area (Å²) >= 11 is 0. The largest absolute Gasteiger partial charge is 0.487 e. The number of fused-ring (bicyclic) bond motifs is 3. The first-order valence-corrected chi connectivity index (χ1v) is 9.66. The molecule has 0 bridgehead atoms. The third-order valence-electron chi connectivity index (χ3n) is 5.74. The standard InChI is InChI=1S/C23H26O4/c1-4-25-22(24)17-14-18-21(26-20(17)15-10-6-5-7-11-15)16-12-8-9-13-19(16)27-23(18,2)3/h5-13,17-18,20-21H,4,14H2,1-3H3/t17-,18-,20-,21+/m0/s1. The molecule has 0 amide bonds. The second-order valence-corrected chi connectivity index (χ2v) is 7.83. The Balaban J connectivity index is 1.76. The number of carbonyl (C=O) groups is 1. The molecule has 4 atom stereocenters. The summed E-state index contributed by atoms with van der Waals surface area (Å²) < 4.78 is 18.3. The van der Waals surface area contributed by atoms with Crippen LogP contribution in [0.4, 0.5) is 0 Å². The van der Waals surface area contributed by atoms with E-state index in [0.717, 1.165) is 16.9 Å². The highest BCUT2D eigenvalue weighted by atomic mass is 16.5. The topological polar surface area (TPSA) is 44.8 Å². The molecule has 27 heavy (non-hydrogen) atoms. The van der Waals surface area contributed by atoms with E-state index >= 15 is 0 Å². The van der Waals surface area contributed by atoms with Crippen LogP contribution in [0.25, 0.3) is 0 Å². The number of carbonyl (C=O) groups excluding carboxylic acids is 1. The van der Waals surface area contributed by atoms with Crippen LogP contribution in [-0.4, -0.2) is 18.2 Å². The van der Waals surface area contributed by atoms with Crippen molar-refractivity contribution in [3.63, 3.8) is 0 Å². The first kappa shape index (κ1) is 18.1. The number of hydrogen-bond acceptors (Lipinski definition) is 4. The van der Waals surface area contributed by atoms with Crippen LogP contribution in [0.3, 0.4) is 0 Å². The third-order valence-corrected chi connectivity index (χ3v) is 5.74. The van der Waals surface area contributed by atoms with E-state index in [4.69, 9.17) is 14.2 Å². The van der Waals surface area contributed by atoms with Crippen LogP contribution in [0.2, 0.25) is 0 Å². The van der Waals surface area contributed by atoms with Gasteiger partial charge in [-0.05, 0) is 38.8 Å². The van der Waals surface area contributed by atoms with Crippen LogP contribution in [0.5, 0.6) is 5.75 Å². The maximum Gasteiger partial charge on any atom is 0.311 e. The molecule has 2 aliphatic heterocycles. The second-order valence-electron chi connectivity index (χ2n) is 7.83. The SMILES string of the molecule is CCOC(=O)[C@H]1C[C@H]2[C@H](O[C@H]1c1ccccc1)c1ccccc1OC2(C)C. The van der Waals surface area contributed by atoms with Crippen molar-refractivity contribution in [2.24, 2.45) is 11.8 Å². The van der Waals surface area contributed by atoms with Crippen LogP contribution >= 0.6 is 0 Å². The molecule has 0 N–H and O–H groups in total. The Bertz CT molecular complexity index is 814. The first-order chi connectivity index (χ1) is 13.0. The molecule has 0 aromatic heterocycles. The van der Waals surface area contributed by atoms with Gasteiger partial charge in [0.15, 0.2) is 0 Å². The number of para-hydroxylation sites is 1. The maximum absolute atomic E-state index is 12.8. The Morgan fingerprint density at radius 1 is 1.07 bits per heavy atom. The molecule has 4 rings (SSSR count). The predicted molar refractivity (Wildman–Crippen MR) is 102 cm³/mol. The molecule has 4 nitrogen and oxygen atoms in total. The highest BCUT2D eigenvalue weighted by Crippen LogP contribution is 2.54. The molecule has 0 radical (unpaired) electrons. The first-order valence-electron chi connectivity index (χ1n) is 9.66. The predicted octanol–water partition coefficient (Wildman–Crippen LogP) is 4.86. The lowest BCUT2D eigenvalue weighted by Gasteiger charge is -2.50. The minimum absolute atomic E-state index is 0.0711. The van der Waals surface area contributed by atoms with Gasteiger partial charge in [0, 0.05) is 11.5 Å². The van der Waals surface area contributed by atoms with E-state index in [2.05, 4.69) is 19.9 Å². The molecule has 0 saturated carbocycles. The van der Waals surface area contributed by atoms with Gasteiger partial charge in [-0.2, -0.15) is 0 Å². The highest BCUT2D eigenvalue weighted by molar-refractivity contribution is 5.73. The Morgan fingerprint density at radius 3 is 2.52 bits per heavy atom. The van der Waals surface area contributed by atoms with E-state index in [9.17, 15) is 4.79 Å². The van der Waals surface area contributed by atoms with Gasteiger partial charge in [0.2, 0.25) is 0 Å². The summed E-state index contributed by atoms with van der Waals surface area (Å²) in [6.45, 7) is 6.36. The molecule has 2 aromatic rings. The minimum Gasteiger partial charge on any atom is -0.487 e. The summed E-state index contributed by atoms with van der Waals surface area (Å²) in [7, 11) is 0.